The van der Waals surface area contributed by atoms with Gasteiger partial charge >= 0.3 is 5.97 Å². The molecule has 32 heavy (non-hydrogen) atoms. The Labute approximate surface area is 192 Å². The molecule has 0 atom stereocenters. The summed E-state index contributed by atoms with van der Waals surface area (Å²) < 4.78 is 18.0. The third-order valence-corrected chi connectivity index (χ3v) is 5.59. The van der Waals surface area contributed by atoms with E-state index in [0.29, 0.717) is 5.13 Å². The maximum absolute atomic E-state index is 13.1. The van der Waals surface area contributed by atoms with Gasteiger partial charge in [-0.15, -0.1) is 11.3 Å². The third-order valence-electron chi connectivity index (χ3n) is 4.52. The predicted molar refractivity (Wildman–Crippen MR) is 123 cm³/mol. The molecule has 0 radical (unpaired) electrons. The summed E-state index contributed by atoms with van der Waals surface area (Å²) in [7, 11) is 0. The molecular weight excluding hydrogens is 451 g/mol. The molecule has 0 saturated heterocycles. The molecule has 0 bridgehead atoms. The minimum Gasteiger partial charge on any atom is -0.452 e. The second-order valence-corrected chi connectivity index (χ2v) is 8.00. The van der Waals surface area contributed by atoms with Crippen LogP contribution in [0.4, 0.5) is 9.52 Å². The van der Waals surface area contributed by atoms with Gasteiger partial charge in [-0.3, -0.25) is 10.1 Å². The Balaban J connectivity index is 1.34. The summed E-state index contributed by atoms with van der Waals surface area (Å²) in [5, 5.41) is 4.73. The lowest BCUT2D eigenvalue weighted by atomic mass is 10.0. The fraction of sp³-hybridized carbons (Fsp3) is 0.0417. The molecule has 1 N–H and O–H groups in total. The van der Waals surface area contributed by atoms with Crippen molar-refractivity contribution in [3.63, 3.8) is 0 Å². The van der Waals surface area contributed by atoms with E-state index in [2.05, 4.69) is 10.3 Å². The van der Waals surface area contributed by atoms with E-state index in [-0.39, 0.29) is 10.6 Å². The van der Waals surface area contributed by atoms with Crippen LogP contribution in [0.15, 0.2) is 78.2 Å². The van der Waals surface area contributed by atoms with Gasteiger partial charge in [0.05, 0.1) is 16.3 Å². The van der Waals surface area contributed by atoms with Crippen molar-refractivity contribution in [2.24, 2.45) is 0 Å². The summed E-state index contributed by atoms with van der Waals surface area (Å²) in [6.07, 6.45) is 0. The molecule has 1 amide bonds. The monoisotopic (exact) mass is 466 g/mol. The van der Waals surface area contributed by atoms with Crippen molar-refractivity contribution in [2.75, 3.05) is 11.9 Å². The number of hydrogen-bond acceptors (Lipinski definition) is 5. The van der Waals surface area contributed by atoms with Crippen LogP contribution in [-0.2, 0) is 9.53 Å². The highest BCUT2D eigenvalue weighted by molar-refractivity contribution is 7.14. The largest absolute Gasteiger partial charge is 0.452 e. The normalized spacial score (nSPS) is 10.6. The molecule has 8 heteroatoms. The summed E-state index contributed by atoms with van der Waals surface area (Å²) in [5.41, 5.74) is 3.85. The molecule has 0 aliphatic rings. The van der Waals surface area contributed by atoms with Crippen LogP contribution in [0.2, 0.25) is 5.02 Å². The molecule has 3 aromatic carbocycles. The van der Waals surface area contributed by atoms with E-state index in [1.54, 1.807) is 0 Å². The first kappa shape index (κ1) is 21.7. The highest BCUT2D eigenvalue weighted by Gasteiger charge is 2.15. The van der Waals surface area contributed by atoms with Gasteiger partial charge in [-0.1, -0.05) is 66.2 Å². The minimum absolute atomic E-state index is 0.0173. The van der Waals surface area contributed by atoms with E-state index in [9.17, 15) is 14.0 Å². The van der Waals surface area contributed by atoms with Gasteiger partial charge in [-0.2, -0.15) is 0 Å². The van der Waals surface area contributed by atoms with Crippen molar-refractivity contribution < 1.29 is 18.7 Å². The number of ether oxygens (including phenoxy) is 1. The first-order valence-corrected chi connectivity index (χ1v) is 10.8. The number of esters is 1. The highest BCUT2D eigenvalue weighted by Crippen LogP contribution is 2.27. The van der Waals surface area contributed by atoms with E-state index in [0.717, 1.165) is 34.5 Å². The minimum atomic E-state index is -0.816. The maximum atomic E-state index is 13.1. The topological polar surface area (TPSA) is 68.3 Å². The number of nitrogens with zero attached hydrogens (tertiary/aromatic N) is 1. The number of halogens is 2. The molecule has 1 heterocycles. The Morgan fingerprint density at radius 2 is 1.66 bits per heavy atom. The number of rotatable bonds is 6. The highest BCUT2D eigenvalue weighted by atomic mass is 35.5. The number of benzene rings is 3. The Kier molecular flexibility index (Phi) is 6.58. The molecule has 5 nitrogen and oxygen atoms in total. The van der Waals surface area contributed by atoms with Crippen LogP contribution in [0.25, 0.3) is 22.4 Å². The van der Waals surface area contributed by atoms with E-state index in [1.165, 1.54) is 17.4 Å². The van der Waals surface area contributed by atoms with Crippen LogP contribution in [-0.4, -0.2) is 23.5 Å². The molecule has 0 aliphatic carbocycles. The van der Waals surface area contributed by atoms with Crippen molar-refractivity contribution in [3.05, 3.63) is 94.6 Å². The molecule has 4 aromatic rings. The van der Waals surface area contributed by atoms with Gasteiger partial charge in [-0.25, -0.2) is 14.2 Å². The SMILES string of the molecule is O=C(COC(=O)c1ccc(F)cc1Cl)Nc1nc(-c2ccc(-c3ccccc3)cc2)cs1. The van der Waals surface area contributed by atoms with Gasteiger partial charge in [0.25, 0.3) is 5.91 Å². The average Bonchev–Trinajstić information content (AvgIpc) is 3.26. The van der Waals surface area contributed by atoms with E-state index >= 15 is 0 Å². The standard InChI is InChI=1S/C24H16ClFN2O3S/c25-20-12-18(26)10-11-19(20)23(30)31-13-22(29)28-24-27-21(14-32-24)17-8-6-16(7-9-17)15-4-2-1-3-5-15/h1-12,14H,13H2,(H,27,28,29). The van der Waals surface area contributed by atoms with Crippen LogP contribution in [0.5, 0.6) is 0 Å². The quantitative estimate of drug-likeness (QED) is 0.350. The summed E-state index contributed by atoms with van der Waals surface area (Å²) >= 11 is 7.09. The zero-order valence-corrected chi connectivity index (χ0v) is 18.1. The van der Waals surface area contributed by atoms with Gasteiger partial charge in [0.1, 0.15) is 5.82 Å². The second-order valence-electron chi connectivity index (χ2n) is 6.73. The lowest BCUT2D eigenvalue weighted by Gasteiger charge is -2.06. The van der Waals surface area contributed by atoms with Crippen molar-refractivity contribution >= 4 is 39.9 Å². The van der Waals surface area contributed by atoms with Crippen LogP contribution >= 0.6 is 22.9 Å². The molecule has 0 saturated carbocycles. The van der Waals surface area contributed by atoms with Crippen LogP contribution < -0.4 is 5.32 Å². The number of hydrogen-bond donors (Lipinski definition) is 1. The van der Waals surface area contributed by atoms with Crippen molar-refractivity contribution in [3.8, 4) is 22.4 Å². The van der Waals surface area contributed by atoms with E-state index in [4.69, 9.17) is 16.3 Å². The van der Waals surface area contributed by atoms with E-state index in [1.807, 2.05) is 60.0 Å². The first-order valence-electron chi connectivity index (χ1n) is 9.53. The number of anilines is 1. The van der Waals surface area contributed by atoms with Crippen molar-refractivity contribution in [1.82, 2.24) is 4.98 Å². The summed E-state index contributed by atoms with van der Waals surface area (Å²) in [4.78, 5) is 28.6. The molecule has 0 spiro atoms. The number of amides is 1. The molecular formula is C24H16ClFN2O3S. The molecule has 1 aromatic heterocycles. The fourth-order valence-corrected chi connectivity index (χ4v) is 3.93. The second kappa shape index (κ2) is 9.72. The summed E-state index contributed by atoms with van der Waals surface area (Å²) in [6.45, 7) is -0.521. The summed E-state index contributed by atoms with van der Waals surface area (Å²) in [5.74, 6) is -1.93. The molecule has 0 aliphatic heterocycles. The van der Waals surface area contributed by atoms with Gasteiger partial charge in [0.15, 0.2) is 11.7 Å². The third kappa shape index (κ3) is 5.19. The first-order chi connectivity index (χ1) is 15.5. The zero-order valence-electron chi connectivity index (χ0n) is 16.5. The lowest BCUT2D eigenvalue weighted by Crippen LogP contribution is -2.21. The lowest BCUT2D eigenvalue weighted by molar-refractivity contribution is -0.119. The molecule has 4 rings (SSSR count). The van der Waals surface area contributed by atoms with Crippen LogP contribution in [0, 0.1) is 5.82 Å². The van der Waals surface area contributed by atoms with E-state index < -0.39 is 24.3 Å². The Hall–Kier alpha value is -3.55. The number of aromatic nitrogens is 1. The summed E-state index contributed by atoms with van der Waals surface area (Å²) in [6, 6.07) is 21.3. The van der Waals surface area contributed by atoms with Crippen molar-refractivity contribution in [1.29, 1.82) is 0 Å². The Morgan fingerprint density at radius 1 is 0.969 bits per heavy atom. The molecule has 0 fully saturated rings. The number of carbonyl (C=O) groups is 2. The van der Waals surface area contributed by atoms with Gasteiger partial charge in [0, 0.05) is 10.9 Å². The zero-order chi connectivity index (χ0) is 22.5. The number of nitrogens with one attached hydrogen (secondary N) is 1. The molecule has 160 valence electrons. The number of thiazole rings is 1. The predicted octanol–water partition coefficient (Wildman–Crippen LogP) is 6.07. The average molecular weight is 467 g/mol. The van der Waals surface area contributed by atoms with Crippen LogP contribution in [0.3, 0.4) is 0 Å². The Morgan fingerprint density at radius 3 is 2.38 bits per heavy atom. The fourth-order valence-electron chi connectivity index (χ4n) is 2.95. The smallest absolute Gasteiger partial charge is 0.340 e. The maximum Gasteiger partial charge on any atom is 0.340 e. The van der Waals surface area contributed by atoms with Gasteiger partial charge < -0.3 is 4.74 Å². The van der Waals surface area contributed by atoms with Gasteiger partial charge in [0.2, 0.25) is 0 Å². The van der Waals surface area contributed by atoms with Crippen molar-refractivity contribution in [2.45, 2.75) is 0 Å². The Bertz CT molecular complexity index is 1260. The van der Waals surface area contributed by atoms with Gasteiger partial charge in [-0.05, 0) is 29.3 Å². The molecule has 0 unspecified atom stereocenters. The van der Waals surface area contributed by atoms with Crippen LogP contribution in [0.1, 0.15) is 10.4 Å². The number of carbonyl (C=O) groups excluding carboxylic acids is 2.